The van der Waals surface area contributed by atoms with Crippen LogP contribution in [-0.4, -0.2) is 30.8 Å². The van der Waals surface area contributed by atoms with Crippen LogP contribution in [0, 0.1) is 0 Å². The molecule has 0 heterocycles. The topological polar surface area (TPSA) is 41.5 Å². The minimum atomic E-state index is 0.245. The van der Waals surface area contributed by atoms with Crippen molar-refractivity contribution in [1.29, 1.82) is 0 Å². The van der Waals surface area contributed by atoms with Crippen LogP contribution in [0.4, 0.5) is 0 Å². The van der Waals surface area contributed by atoms with E-state index in [1.807, 2.05) is 23.9 Å². The van der Waals surface area contributed by atoms with Crippen LogP contribution in [0.25, 0.3) is 0 Å². The summed E-state index contributed by atoms with van der Waals surface area (Å²) in [6, 6.07) is 5.58. The first-order chi connectivity index (χ1) is 8.79. The van der Waals surface area contributed by atoms with E-state index < -0.39 is 0 Å². The first kappa shape index (κ1) is 15.2. The molecule has 0 aliphatic carbocycles. The highest BCUT2D eigenvalue weighted by atomic mass is 32.2. The van der Waals surface area contributed by atoms with E-state index in [-0.39, 0.29) is 5.75 Å². The van der Waals surface area contributed by atoms with Crippen LogP contribution in [0.5, 0.6) is 11.5 Å². The van der Waals surface area contributed by atoms with Crippen molar-refractivity contribution in [2.45, 2.75) is 25.8 Å². The highest BCUT2D eigenvalue weighted by Gasteiger charge is 2.05. The number of hydrogen-bond acceptors (Lipinski definition) is 4. The van der Waals surface area contributed by atoms with Crippen LogP contribution in [0.3, 0.4) is 0 Å². The SMILES string of the molecule is COc1cccc(CNCCCCCSC)c1O. The second-order valence-corrected chi connectivity index (χ2v) is 5.18. The fraction of sp³-hybridized carbons (Fsp3) is 0.571. The predicted molar refractivity (Wildman–Crippen MR) is 78.6 cm³/mol. The molecule has 0 aliphatic heterocycles. The predicted octanol–water partition coefficient (Wildman–Crippen LogP) is 3.02. The molecule has 2 N–H and O–H groups in total. The lowest BCUT2D eigenvalue weighted by Gasteiger charge is -2.09. The number of benzene rings is 1. The Hall–Kier alpha value is -0.870. The Labute approximate surface area is 114 Å². The van der Waals surface area contributed by atoms with Gasteiger partial charge in [0.05, 0.1) is 7.11 Å². The Balaban J connectivity index is 2.23. The molecule has 1 rings (SSSR count). The summed E-state index contributed by atoms with van der Waals surface area (Å²) in [6.45, 7) is 1.68. The molecule has 4 heteroatoms. The summed E-state index contributed by atoms with van der Waals surface area (Å²) < 4.78 is 5.08. The van der Waals surface area contributed by atoms with Crippen molar-refractivity contribution in [3.05, 3.63) is 23.8 Å². The van der Waals surface area contributed by atoms with Crippen LogP contribution in [-0.2, 0) is 6.54 Å². The van der Waals surface area contributed by atoms with Crippen molar-refractivity contribution >= 4 is 11.8 Å². The van der Waals surface area contributed by atoms with Gasteiger partial charge in [-0.2, -0.15) is 11.8 Å². The maximum Gasteiger partial charge on any atom is 0.162 e. The normalized spacial score (nSPS) is 10.6. The second-order valence-electron chi connectivity index (χ2n) is 4.20. The molecule has 102 valence electrons. The summed E-state index contributed by atoms with van der Waals surface area (Å²) in [5.74, 6) is 2.03. The van der Waals surface area contributed by atoms with Gasteiger partial charge in [0, 0.05) is 12.1 Å². The molecule has 0 bridgehead atoms. The van der Waals surface area contributed by atoms with E-state index in [1.165, 1.54) is 25.0 Å². The zero-order chi connectivity index (χ0) is 13.2. The molecule has 0 unspecified atom stereocenters. The first-order valence-electron chi connectivity index (χ1n) is 6.34. The number of para-hydroxylation sites is 1. The number of ether oxygens (including phenoxy) is 1. The smallest absolute Gasteiger partial charge is 0.162 e. The summed E-state index contributed by atoms with van der Waals surface area (Å²) in [5, 5.41) is 13.2. The van der Waals surface area contributed by atoms with Crippen molar-refractivity contribution in [2.75, 3.05) is 25.7 Å². The van der Waals surface area contributed by atoms with E-state index in [0.29, 0.717) is 12.3 Å². The van der Waals surface area contributed by atoms with Crippen molar-refractivity contribution in [3.63, 3.8) is 0 Å². The third kappa shape index (κ3) is 5.19. The largest absolute Gasteiger partial charge is 0.504 e. The number of rotatable bonds is 9. The summed E-state index contributed by atoms with van der Waals surface area (Å²) in [7, 11) is 1.57. The average Bonchev–Trinajstić information content (AvgIpc) is 2.39. The Kier molecular flexibility index (Phi) is 7.69. The van der Waals surface area contributed by atoms with E-state index in [2.05, 4.69) is 11.6 Å². The molecule has 0 radical (unpaired) electrons. The highest BCUT2D eigenvalue weighted by Crippen LogP contribution is 2.28. The van der Waals surface area contributed by atoms with Gasteiger partial charge < -0.3 is 15.2 Å². The average molecular weight is 269 g/mol. The Morgan fingerprint density at radius 2 is 2.11 bits per heavy atom. The van der Waals surface area contributed by atoms with Crippen LogP contribution in [0.15, 0.2) is 18.2 Å². The number of aromatic hydroxyl groups is 1. The molecule has 0 spiro atoms. The lowest BCUT2D eigenvalue weighted by atomic mass is 10.2. The van der Waals surface area contributed by atoms with Gasteiger partial charge in [0.15, 0.2) is 11.5 Å². The lowest BCUT2D eigenvalue weighted by Crippen LogP contribution is -2.14. The number of unbranched alkanes of at least 4 members (excludes halogenated alkanes) is 2. The molecule has 1 aromatic carbocycles. The third-order valence-electron chi connectivity index (χ3n) is 2.82. The van der Waals surface area contributed by atoms with E-state index in [9.17, 15) is 5.11 Å². The number of phenolic OH excluding ortho intramolecular Hbond substituents is 1. The van der Waals surface area contributed by atoms with Gasteiger partial charge >= 0.3 is 0 Å². The molecule has 0 amide bonds. The Morgan fingerprint density at radius 3 is 2.83 bits per heavy atom. The Morgan fingerprint density at radius 1 is 1.28 bits per heavy atom. The molecule has 0 aromatic heterocycles. The first-order valence-corrected chi connectivity index (χ1v) is 7.73. The van der Waals surface area contributed by atoms with Gasteiger partial charge in [-0.05, 0) is 37.5 Å². The van der Waals surface area contributed by atoms with Crippen molar-refractivity contribution in [2.24, 2.45) is 0 Å². The molecule has 18 heavy (non-hydrogen) atoms. The number of methoxy groups -OCH3 is 1. The molecule has 0 saturated carbocycles. The van der Waals surface area contributed by atoms with Crippen LogP contribution in [0.2, 0.25) is 0 Å². The fourth-order valence-corrected chi connectivity index (χ4v) is 2.26. The zero-order valence-corrected chi connectivity index (χ0v) is 12.1. The van der Waals surface area contributed by atoms with Gasteiger partial charge in [0.2, 0.25) is 0 Å². The number of hydrogen-bond donors (Lipinski definition) is 2. The number of phenols is 1. The summed E-state index contributed by atoms with van der Waals surface area (Å²) >= 11 is 1.90. The molecule has 1 aromatic rings. The number of thioether (sulfide) groups is 1. The minimum absolute atomic E-state index is 0.245. The summed E-state index contributed by atoms with van der Waals surface area (Å²) in [4.78, 5) is 0. The van der Waals surface area contributed by atoms with E-state index in [4.69, 9.17) is 4.74 Å². The van der Waals surface area contributed by atoms with E-state index >= 15 is 0 Å². The van der Waals surface area contributed by atoms with Gasteiger partial charge in [-0.15, -0.1) is 0 Å². The molecule has 0 atom stereocenters. The summed E-state index contributed by atoms with van der Waals surface area (Å²) in [5.41, 5.74) is 0.887. The molecule has 0 fully saturated rings. The van der Waals surface area contributed by atoms with Gasteiger partial charge in [-0.25, -0.2) is 0 Å². The van der Waals surface area contributed by atoms with Crippen molar-refractivity contribution < 1.29 is 9.84 Å². The van der Waals surface area contributed by atoms with Crippen LogP contribution in [0.1, 0.15) is 24.8 Å². The van der Waals surface area contributed by atoms with Crippen molar-refractivity contribution in [1.82, 2.24) is 5.32 Å². The monoisotopic (exact) mass is 269 g/mol. The van der Waals surface area contributed by atoms with Gasteiger partial charge in [0.1, 0.15) is 0 Å². The van der Waals surface area contributed by atoms with Crippen molar-refractivity contribution in [3.8, 4) is 11.5 Å². The number of nitrogens with one attached hydrogen (secondary N) is 1. The standard InChI is InChI=1S/C14H23NO2S/c1-17-13-8-6-7-12(14(13)16)11-15-9-4-3-5-10-18-2/h6-8,15-16H,3-5,9-11H2,1-2H3. The molecular formula is C14H23NO2S. The van der Waals surface area contributed by atoms with Gasteiger partial charge in [0.25, 0.3) is 0 Å². The van der Waals surface area contributed by atoms with E-state index in [0.717, 1.165) is 12.1 Å². The van der Waals surface area contributed by atoms with Crippen LogP contribution < -0.4 is 10.1 Å². The van der Waals surface area contributed by atoms with E-state index in [1.54, 1.807) is 13.2 Å². The molecule has 3 nitrogen and oxygen atoms in total. The minimum Gasteiger partial charge on any atom is -0.504 e. The molecule has 0 aliphatic rings. The van der Waals surface area contributed by atoms with Gasteiger partial charge in [-0.3, -0.25) is 0 Å². The Bertz CT molecular complexity index is 345. The van der Waals surface area contributed by atoms with Crippen LogP contribution >= 0.6 is 11.8 Å². The van der Waals surface area contributed by atoms with Gasteiger partial charge in [-0.1, -0.05) is 18.6 Å². The zero-order valence-electron chi connectivity index (χ0n) is 11.2. The highest BCUT2D eigenvalue weighted by molar-refractivity contribution is 7.98. The quantitative estimate of drug-likeness (QED) is 0.676. The summed E-state index contributed by atoms with van der Waals surface area (Å²) in [6.07, 6.45) is 5.88. The molecule has 0 saturated heterocycles. The maximum atomic E-state index is 9.89. The lowest BCUT2D eigenvalue weighted by molar-refractivity contribution is 0.369. The fourth-order valence-electron chi connectivity index (χ4n) is 1.77. The third-order valence-corrected chi connectivity index (χ3v) is 3.52. The molecular weight excluding hydrogens is 246 g/mol. The maximum absolute atomic E-state index is 9.89. The second kappa shape index (κ2) is 9.11.